The van der Waals surface area contributed by atoms with Gasteiger partial charge in [0, 0.05) is 12.5 Å². The zero-order chi connectivity index (χ0) is 14.9. The molecule has 1 saturated heterocycles. The molecule has 0 unspecified atom stereocenters. The highest BCUT2D eigenvalue weighted by Gasteiger charge is 2.25. The first kappa shape index (κ1) is 13.1. The van der Waals surface area contributed by atoms with Crippen molar-refractivity contribution in [3.63, 3.8) is 0 Å². The molecule has 0 spiro atoms. The maximum atomic E-state index is 5.46. The van der Waals surface area contributed by atoms with Gasteiger partial charge in [-0.05, 0) is 25.0 Å². The van der Waals surface area contributed by atoms with Crippen molar-refractivity contribution in [1.82, 2.24) is 29.9 Å². The predicted molar refractivity (Wildman–Crippen MR) is 79.6 cm³/mol. The molecule has 1 atom stereocenters. The number of ether oxygens (including phenoxy) is 1. The monoisotopic (exact) mass is 296 g/mol. The number of benzene rings is 1. The van der Waals surface area contributed by atoms with Crippen molar-refractivity contribution in [3.05, 3.63) is 42.0 Å². The molecule has 0 aliphatic carbocycles. The number of para-hydroxylation sites is 1. The second-order valence-electron chi connectivity index (χ2n) is 5.39. The summed E-state index contributed by atoms with van der Waals surface area (Å²) in [6.45, 7) is 3.49. The molecule has 7 heteroatoms. The minimum atomic E-state index is 0.243. The molecule has 22 heavy (non-hydrogen) atoms. The van der Waals surface area contributed by atoms with Gasteiger partial charge in [0.15, 0.2) is 11.6 Å². The summed E-state index contributed by atoms with van der Waals surface area (Å²) < 4.78 is 7.29. The first-order valence-corrected chi connectivity index (χ1v) is 7.29. The lowest BCUT2D eigenvalue weighted by atomic mass is 10.1. The van der Waals surface area contributed by atoms with E-state index >= 15 is 0 Å². The van der Waals surface area contributed by atoms with Gasteiger partial charge in [0.25, 0.3) is 0 Å². The summed E-state index contributed by atoms with van der Waals surface area (Å²) in [4.78, 5) is 8.91. The van der Waals surface area contributed by atoms with Crippen LogP contribution in [0.3, 0.4) is 0 Å². The third kappa shape index (κ3) is 2.19. The Labute approximate surface area is 127 Å². The van der Waals surface area contributed by atoms with E-state index < -0.39 is 0 Å². The molecule has 0 bridgehead atoms. The van der Waals surface area contributed by atoms with Crippen LogP contribution < -0.4 is 0 Å². The zero-order valence-corrected chi connectivity index (χ0v) is 12.2. The third-order valence-corrected chi connectivity index (χ3v) is 3.89. The molecule has 0 saturated carbocycles. The molecule has 1 N–H and O–H groups in total. The SMILES string of the molecule is Cc1ccccc1-n1nc([C@H]2CCOC2)nc1-c1ncn[nH]1. The molecule has 7 nitrogen and oxygen atoms in total. The second-order valence-corrected chi connectivity index (χ2v) is 5.39. The number of aromatic nitrogens is 6. The summed E-state index contributed by atoms with van der Waals surface area (Å²) in [6, 6.07) is 8.08. The van der Waals surface area contributed by atoms with Gasteiger partial charge >= 0.3 is 0 Å². The molecular formula is C15H16N6O. The van der Waals surface area contributed by atoms with Gasteiger partial charge in [0.2, 0.25) is 5.82 Å². The van der Waals surface area contributed by atoms with Crippen molar-refractivity contribution in [2.45, 2.75) is 19.3 Å². The smallest absolute Gasteiger partial charge is 0.200 e. The Balaban J connectivity index is 1.86. The van der Waals surface area contributed by atoms with E-state index in [-0.39, 0.29) is 5.92 Å². The van der Waals surface area contributed by atoms with Crippen LogP contribution in [0.4, 0.5) is 0 Å². The normalized spacial score (nSPS) is 18.0. The van der Waals surface area contributed by atoms with E-state index in [0.717, 1.165) is 30.1 Å². The molecule has 2 aromatic heterocycles. The summed E-state index contributed by atoms with van der Waals surface area (Å²) in [5.74, 6) is 2.33. The van der Waals surface area contributed by atoms with Crippen molar-refractivity contribution < 1.29 is 4.74 Å². The van der Waals surface area contributed by atoms with Crippen LogP contribution in [-0.4, -0.2) is 43.2 Å². The van der Waals surface area contributed by atoms with Crippen molar-refractivity contribution in [2.75, 3.05) is 13.2 Å². The Kier molecular flexibility index (Phi) is 3.19. The number of aryl methyl sites for hydroxylation is 1. The minimum absolute atomic E-state index is 0.243. The molecule has 1 aromatic carbocycles. The van der Waals surface area contributed by atoms with Crippen LogP contribution in [0.2, 0.25) is 0 Å². The third-order valence-electron chi connectivity index (χ3n) is 3.89. The van der Waals surface area contributed by atoms with Gasteiger partial charge in [-0.15, -0.1) is 0 Å². The molecule has 3 aromatic rings. The highest BCUT2D eigenvalue weighted by Crippen LogP contribution is 2.27. The predicted octanol–water partition coefficient (Wildman–Crippen LogP) is 1.86. The molecule has 1 aliphatic heterocycles. The van der Waals surface area contributed by atoms with Crippen LogP contribution in [0.5, 0.6) is 0 Å². The molecular weight excluding hydrogens is 280 g/mol. The topological polar surface area (TPSA) is 81.5 Å². The second kappa shape index (κ2) is 5.34. The molecule has 0 radical (unpaired) electrons. The van der Waals surface area contributed by atoms with Crippen LogP contribution in [0.25, 0.3) is 17.3 Å². The fourth-order valence-corrected chi connectivity index (χ4v) is 2.67. The number of aromatic amines is 1. The molecule has 0 amide bonds. The largest absolute Gasteiger partial charge is 0.381 e. The van der Waals surface area contributed by atoms with Crippen LogP contribution in [-0.2, 0) is 4.74 Å². The van der Waals surface area contributed by atoms with Crippen LogP contribution in [0.15, 0.2) is 30.6 Å². The van der Waals surface area contributed by atoms with Crippen molar-refractivity contribution in [1.29, 1.82) is 0 Å². The summed E-state index contributed by atoms with van der Waals surface area (Å²) in [5.41, 5.74) is 2.12. The summed E-state index contributed by atoms with van der Waals surface area (Å²) in [5, 5.41) is 11.5. The number of hydrogen-bond acceptors (Lipinski definition) is 5. The Morgan fingerprint density at radius 1 is 1.32 bits per heavy atom. The average Bonchev–Trinajstić information content (AvgIpc) is 3.27. The average molecular weight is 296 g/mol. The lowest BCUT2D eigenvalue weighted by Crippen LogP contribution is -2.04. The summed E-state index contributed by atoms with van der Waals surface area (Å²) in [7, 11) is 0. The fraction of sp³-hybridized carbons (Fsp3) is 0.333. The van der Waals surface area contributed by atoms with Gasteiger partial charge in [-0.3, -0.25) is 5.10 Å². The quantitative estimate of drug-likeness (QED) is 0.798. The maximum absolute atomic E-state index is 5.46. The molecule has 3 heterocycles. The van der Waals surface area contributed by atoms with Gasteiger partial charge < -0.3 is 4.74 Å². The number of nitrogens with one attached hydrogen (secondary N) is 1. The number of rotatable bonds is 3. The van der Waals surface area contributed by atoms with E-state index in [1.54, 1.807) is 0 Å². The number of nitrogens with zero attached hydrogens (tertiary/aromatic N) is 5. The van der Waals surface area contributed by atoms with Crippen LogP contribution >= 0.6 is 0 Å². The standard InChI is InChI=1S/C15H16N6O/c1-10-4-2-3-5-12(10)21-15(14-16-9-17-19-14)18-13(20-21)11-6-7-22-8-11/h2-5,9,11H,6-8H2,1H3,(H,16,17,19)/t11-/m0/s1. The molecule has 1 fully saturated rings. The lowest BCUT2D eigenvalue weighted by Gasteiger charge is -2.07. The van der Waals surface area contributed by atoms with E-state index in [1.807, 2.05) is 22.9 Å². The fourth-order valence-electron chi connectivity index (χ4n) is 2.67. The highest BCUT2D eigenvalue weighted by atomic mass is 16.5. The molecule has 112 valence electrons. The number of H-pyrrole nitrogens is 1. The first-order valence-electron chi connectivity index (χ1n) is 7.29. The van der Waals surface area contributed by atoms with Gasteiger partial charge in [-0.1, -0.05) is 18.2 Å². The van der Waals surface area contributed by atoms with E-state index in [9.17, 15) is 0 Å². The Hall–Kier alpha value is -2.54. The van der Waals surface area contributed by atoms with E-state index in [4.69, 9.17) is 14.8 Å². The minimum Gasteiger partial charge on any atom is -0.381 e. The first-order chi connectivity index (χ1) is 10.8. The van der Waals surface area contributed by atoms with Crippen molar-refractivity contribution in [3.8, 4) is 17.3 Å². The lowest BCUT2D eigenvalue weighted by molar-refractivity contribution is 0.193. The Morgan fingerprint density at radius 2 is 2.23 bits per heavy atom. The van der Waals surface area contributed by atoms with E-state index in [0.29, 0.717) is 18.3 Å². The Morgan fingerprint density at radius 3 is 2.95 bits per heavy atom. The Bertz CT molecular complexity index is 773. The highest BCUT2D eigenvalue weighted by molar-refractivity contribution is 5.51. The van der Waals surface area contributed by atoms with Gasteiger partial charge in [-0.2, -0.15) is 10.2 Å². The summed E-state index contributed by atoms with van der Waals surface area (Å²) in [6.07, 6.45) is 2.43. The zero-order valence-electron chi connectivity index (χ0n) is 12.2. The van der Waals surface area contributed by atoms with Crippen molar-refractivity contribution >= 4 is 0 Å². The van der Waals surface area contributed by atoms with Crippen LogP contribution in [0, 0.1) is 6.92 Å². The maximum Gasteiger partial charge on any atom is 0.200 e. The van der Waals surface area contributed by atoms with Gasteiger partial charge in [0.1, 0.15) is 6.33 Å². The molecule has 4 rings (SSSR count). The molecule has 1 aliphatic rings. The van der Waals surface area contributed by atoms with E-state index in [2.05, 4.69) is 28.2 Å². The van der Waals surface area contributed by atoms with Gasteiger partial charge in [-0.25, -0.2) is 14.6 Å². The van der Waals surface area contributed by atoms with E-state index in [1.165, 1.54) is 6.33 Å². The summed E-state index contributed by atoms with van der Waals surface area (Å²) >= 11 is 0. The van der Waals surface area contributed by atoms with Crippen LogP contribution in [0.1, 0.15) is 23.7 Å². The van der Waals surface area contributed by atoms with Gasteiger partial charge in [0.05, 0.1) is 12.3 Å². The van der Waals surface area contributed by atoms with Crippen molar-refractivity contribution in [2.24, 2.45) is 0 Å². The number of hydrogen-bond donors (Lipinski definition) is 1.